The summed E-state index contributed by atoms with van der Waals surface area (Å²) in [4.78, 5) is 11.5. The zero-order chi connectivity index (χ0) is 17.5. The van der Waals surface area contributed by atoms with Crippen LogP contribution in [0.2, 0.25) is 0 Å². The highest BCUT2D eigenvalue weighted by Gasteiger charge is 2.09. The molecule has 3 rings (SSSR count). The van der Waals surface area contributed by atoms with Crippen molar-refractivity contribution < 1.29 is 4.74 Å². The number of hydrogen-bond acceptors (Lipinski definition) is 6. The van der Waals surface area contributed by atoms with Crippen molar-refractivity contribution in [2.75, 3.05) is 50.0 Å². The molecule has 0 unspecified atom stereocenters. The van der Waals surface area contributed by atoms with Gasteiger partial charge in [-0.15, -0.1) is 0 Å². The van der Waals surface area contributed by atoms with Crippen LogP contribution in [0.1, 0.15) is 16.8 Å². The van der Waals surface area contributed by atoms with Crippen molar-refractivity contribution in [1.29, 1.82) is 0 Å². The summed E-state index contributed by atoms with van der Waals surface area (Å²) in [7, 11) is 0. The van der Waals surface area contributed by atoms with Gasteiger partial charge in [-0.25, -0.2) is 4.98 Å². The summed E-state index contributed by atoms with van der Waals surface area (Å²) in [6.07, 6.45) is 0. The maximum atomic E-state index is 5.37. The van der Waals surface area contributed by atoms with Gasteiger partial charge >= 0.3 is 0 Å². The quantitative estimate of drug-likeness (QED) is 0.807. The molecule has 6 nitrogen and oxygen atoms in total. The molecule has 0 amide bonds. The van der Waals surface area contributed by atoms with E-state index < -0.39 is 0 Å². The standard InChI is InChI=1S/C19H27N5O/c1-15-3-5-17(6-4-15)14-21-19-22-16(2)13-18(23-19)20-7-8-24-9-11-25-12-10-24/h3-6,13H,7-12,14H2,1-2H3,(H2,20,21,22,23). The Hall–Kier alpha value is -2.18. The van der Waals surface area contributed by atoms with Crippen molar-refractivity contribution in [3.05, 3.63) is 47.2 Å². The lowest BCUT2D eigenvalue weighted by Crippen LogP contribution is -2.39. The zero-order valence-electron chi connectivity index (χ0n) is 15.1. The molecule has 1 saturated heterocycles. The highest BCUT2D eigenvalue weighted by Crippen LogP contribution is 2.11. The minimum Gasteiger partial charge on any atom is -0.379 e. The molecule has 2 N–H and O–H groups in total. The molecule has 0 atom stereocenters. The minimum atomic E-state index is 0.662. The van der Waals surface area contributed by atoms with Crippen molar-refractivity contribution >= 4 is 11.8 Å². The lowest BCUT2D eigenvalue weighted by atomic mass is 10.1. The van der Waals surface area contributed by atoms with Gasteiger partial charge in [0.25, 0.3) is 0 Å². The molecule has 1 aromatic heterocycles. The number of aromatic nitrogens is 2. The van der Waals surface area contributed by atoms with Gasteiger partial charge in [-0.05, 0) is 19.4 Å². The highest BCUT2D eigenvalue weighted by atomic mass is 16.5. The molecular weight excluding hydrogens is 314 g/mol. The van der Waals surface area contributed by atoms with Gasteiger partial charge < -0.3 is 15.4 Å². The van der Waals surface area contributed by atoms with Crippen LogP contribution in [0.15, 0.2) is 30.3 Å². The van der Waals surface area contributed by atoms with Crippen molar-refractivity contribution in [2.24, 2.45) is 0 Å². The van der Waals surface area contributed by atoms with E-state index >= 15 is 0 Å². The maximum Gasteiger partial charge on any atom is 0.225 e. The Morgan fingerprint density at radius 2 is 1.80 bits per heavy atom. The number of ether oxygens (including phenoxy) is 1. The van der Waals surface area contributed by atoms with Crippen molar-refractivity contribution in [2.45, 2.75) is 20.4 Å². The van der Waals surface area contributed by atoms with Crippen LogP contribution in [0.3, 0.4) is 0 Å². The molecule has 1 aliphatic heterocycles. The van der Waals surface area contributed by atoms with Crippen LogP contribution in [0.25, 0.3) is 0 Å². The van der Waals surface area contributed by atoms with E-state index in [9.17, 15) is 0 Å². The lowest BCUT2D eigenvalue weighted by Gasteiger charge is -2.26. The zero-order valence-corrected chi connectivity index (χ0v) is 15.1. The molecule has 0 bridgehead atoms. The fraction of sp³-hybridized carbons (Fsp3) is 0.474. The van der Waals surface area contributed by atoms with Crippen molar-refractivity contribution in [1.82, 2.24) is 14.9 Å². The van der Waals surface area contributed by atoms with E-state index in [4.69, 9.17) is 4.74 Å². The molecule has 0 saturated carbocycles. The Kier molecular flexibility index (Phi) is 6.19. The third kappa shape index (κ3) is 5.69. The normalized spacial score (nSPS) is 15.1. The average Bonchev–Trinajstić information content (AvgIpc) is 2.62. The largest absolute Gasteiger partial charge is 0.379 e. The summed E-state index contributed by atoms with van der Waals surface area (Å²) < 4.78 is 5.37. The van der Waals surface area contributed by atoms with Crippen LogP contribution in [0, 0.1) is 13.8 Å². The minimum absolute atomic E-state index is 0.662. The molecule has 0 spiro atoms. The molecule has 0 radical (unpaired) electrons. The first-order valence-electron chi connectivity index (χ1n) is 8.88. The third-order valence-corrected chi connectivity index (χ3v) is 4.26. The van der Waals surface area contributed by atoms with Crippen molar-refractivity contribution in [3.8, 4) is 0 Å². The van der Waals surface area contributed by atoms with E-state index in [1.165, 1.54) is 11.1 Å². The van der Waals surface area contributed by atoms with E-state index in [2.05, 4.69) is 56.7 Å². The summed E-state index contributed by atoms with van der Waals surface area (Å²) in [6, 6.07) is 10.5. The molecule has 134 valence electrons. The molecule has 1 aromatic carbocycles. The Balaban J connectivity index is 1.51. The first kappa shape index (κ1) is 17.6. The second kappa shape index (κ2) is 8.78. The van der Waals surface area contributed by atoms with Crippen LogP contribution in [0.4, 0.5) is 11.8 Å². The van der Waals surface area contributed by atoms with Crippen LogP contribution < -0.4 is 10.6 Å². The maximum absolute atomic E-state index is 5.37. The van der Waals surface area contributed by atoms with Gasteiger partial charge in [-0.1, -0.05) is 29.8 Å². The number of nitrogens with one attached hydrogen (secondary N) is 2. The molecule has 1 aliphatic rings. The number of benzene rings is 1. The number of morpholine rings is 1. The van der Waals surface area contributed by atoms with Gasteiger partial charge in [-0.2, -0.15) is 4.98 Å². The average molecular weight is 341 g/mol. The summed E-state index contributed by atoms with van der Waals surface area (Å²) in [6.45, 7) is 10.4. The van der Waals surface area contributed by atoms with E-state index in [1.807, 2.05) is 13.0 Å². The van der Waals surface area contributed by atoms with Gasteiger partial charge in [0.1, 0.15) is 5.82 Å². The van der Waals surface area contributed by atoms with Gasteiger partial charge in [0.2, 0.25) is 5.95 Å². The van der Waals surface area contributed by atoms with Crippen LogP contribution in [0.5, 0.6) is 0 Å². The Morgan fingerprint density at radius 1 is 1.04 bits per heavy atom. The highest BCUT2D eigenvalue weighted by molar-refractivity contribution is 5.42. The monoisotopic (exact) mass is 341 g/mol. The van der Waals surface area contributed by atoms with Gasteiger partial charge in [0.15, 0.2) is 0 Å². The summed E-state index contributed by atoms with van der Waals surface area (Å²) in [5.41, 5.74) is 3.44. The molecular formula is C19H27N5O. The van der Waals surface area contributed by atoms with E-state index in [0.717, 1.165) is 57.4 Å². The first-order chi connectivity index (χ1) is 12.2. The molecule has 2 heterocycles. The van der Waals surface area contributed by atoms with Gasteiger partial charge in [0.05, 0.1) is 13.2 Å². The predicted molar refractivity (Wildman–Crippen MR) is 101 cm³/mol. The SMILES string of the molecule is Cc1ccc(CNc2nc(C)cc(NCCN3CCOCC3)n2)cc1. The number of rotatable bonds is 7. The Bertz CT molecular complexity index is 668. The van der Waals surface area contributed by atoms with Crippen LogP contribution >= 0.6 is 0 Å². The fourth-order valence-electron chi connectivity index (χ4n) is 2.79. The van der Waals surface area contributed by atoms with Crippen LogP contribution in [-0.2, 0) is 11.3 Å². The molecule has 6 heteroatoms. The van der Waals surface area contributed by atoms with Crippen LogP contribution in [-0.4, -0.2) is 54.3 Å². The lowest BCUT2D eigenvalue weighted by molar-refractivity contribution is 0.0398. The Labute approximate surface area is 149 Å². The van der Waals surface area contributed by atoms with Crippen molar-refractivity contribution in [3.63, 3.8) is 0 Å². The van der Waals surface area contributed by atoms with E-state index in [-0.39, 0.29) is 0 Å². The predicted octanol–water partition coefficient (Wildman–Crippen LogP) is 2.45. The number of nitrogens with zero attached hydrogens (tertiary/aromatic N) is 3. The molecule has 0 aliphatic carbocycles. The first-order valence-corrected chi connectivity index (χ1v) is 8.88. The molecule has 2 aromatic rings. The Morgan fingerprint density at radius 3 is 2.56 bits per heavy atom. The number of hydrogen-bond donors (Lipinski definition) is 2. The molecule has 25 heavy (non-hydrogen) atoms. The fourth-order valence-corrected chi connectivity index (χ4v) is 2.79. The smallest absolute Gasteiger partial charge is 0.225 e. The summed E-state index contributed by atoms with van der Waals surface area (Å²) in [5.74, 6) is 1.53. The van der Waals surface area contributed by atoms with Gasteiger partial charge in [0, 0.05) is 44.5 Å². The number of anilines is 2. The second-order valence-electron chi connectivity index (χ2n) is 6.44. The second-order valence-corrected chi connectivity index (χ2v) is 6.44. The van der Waals surface area contributed by atoms with E-state index in [0.29, 0.717) is 5.95 Å². The summed E-state index contributed by atoms with van der Waals surface area (Å²) in [5, 5.41) is 6.72. The number of aryl methyl sites for hydroxylation is 2. The topological polar surface area (TPSA) is 62.3 Å². The molecule has 1 fully saturated rings. The van der Waals surface area contributed by atoms with Gasteiger partial charge in [-0.3, -0.25) is 4.90 Å². The third-order valence-electron chi connectivity index (χ3n) is 4.26. The summed E-state index contributed by atoms with van der Waals surface area (Å²) >= 11 is 0. The van der Waals surface area contributed by atoms with E-state index in [1.54, 1.807) is 0 Å².